The smallest absolute Gasteiger partial charge is 0.247 e. The van der Waals surface area contributed by atoms with Crippen LogP contribution >= 0.6 is 11.6 Å². The Morgan fingerprint density at radius 3 is 2.35 bits per heavy atom. The molecule has 4 atom stereocenters. The molecule has 1 fully saturated rings. The number of rotatable bonds is 4. The molecule has 3 aliphatic heterocycles. The van der Waals surface area contributed by atoms with Crippen LogP contribution in [0.4, 0.5) is 17.1 Å². The highest BCUT2D eigenvalue weighted by atomic mass is 35.5. The first-order valence-corrected chi connectivity index (χ1v) is 13.5. The lowest BCUT2D eigenvalue weighted by Crippen LogP contribution is -2.51. The summed E-state index contributed by atoms with van der Waals surface area (Å²) in [4.78, 5) is 45.2. The lowest BCUT2D eigenvalue weighted by atomic mass is 9.64. The topological polar surface area (TPSA) is 78.5 Å². The highest BCUT2D eigenvalue weighted by Gasteiger charge is 2.70. The molecule has 7 heteroatoms. The van der Waals surface area contributed by atoms with Crippen molar-refractivity contribution in [2.24, 2.45) is 5.92 Å². The van der Waals surface area contributed by atoms with Gasteiger partial charge in [0.1, 0.15) is 11.5 Å². The second-order valence-electron chi connectivity index (χ2n) is 10.3. The molecule has 2 amide bonds. The molecule has 0 unspecified atom stereocenters. The molecular weight excluding hydrogens is 522 g/mol. The van der Waals surface area contributed by atoms with Crippen LogP contribution in [-0.2, 0) is 15.0 Å². The van der Waals surface area contributed by atoms with Crippen LogP contribution in [0.25, 0.3) is 6.08 Å². The fourth-order valence-corrected chi connectivity index (χ4v) is 6.78. The largest absolute Gasteiger partial charge is 0.350 e. The predicted molar refractivity (Wildman–Crippen MR) is 157 cm³/mol. The second kappa shape index (κ2) is 9.21. The first kappa shape index (κ1) is 24.4. The van der Waals surface area contributed by atoms with Gasteiger partial charge in [0.25, 0.3) is 0 Å². The zero-order chi connectivity index (χ0) is 27.4. The summed E-state index contributed by atoms with van der Waals surface area (Å²) < 4.78 is 0. The van der Waals surface area contributed by atoms with Crippen LogP contribution < -0.4 is 15.5 Å². The second-order valence-corrected chi connectivity index (χ2v) is 10.7. The fraction of sp³-hybridized carbons (Fsp3) is 0.121. The Morgan fingerprint density at radius 2 is 1.55 bits per heavy atom. The van der Waals surface area contributed by atoms with Gasteiger partial charge in [-0.3, -0.25) is 14.4 Å². The van der Waals surface area contributed by atoms with Gasteiger partial charge in [-0.15, -0.1) is 0 Å². The molecule has 0 radical (unpaired) electrons. The van der Waals surface area contributed by atoms with Gasteiger partial charge >= 0.3 is 0 Å². The number of hydrogen-bond acceptors (Lipinski definition) is 4. The number of nitrogens with one attached hydrogen (secondary N) is 2. The number of benzene rings is 4. The standard InChI is InChI=1S/C33H24ClN3O3/c34-22-17-14-21(15-18-22)30(38)28-29(31(39)35-23-9-2-1-3-10-23)37-26-13-7-4-8-20(26)16-19-27(37)33(28)24-11-5-6-12-25(24)36-32(33)40/h1-19,27-29H,(H,35,39)(H,36,40)/t27-,28-,29+,33-/m1/s1. The number of nitrogens with zero attached hydrogens (tertiary/aromatic N) is 1. The number of hydrogen-bond donors (Lipinski definition) is 2. The van der Waals surface area contributed by atoms with E-state index in [2.05, 4.69) is 10.6 Å². The summed E-state index contributed by atoms with van der Waals surface area (Å²) in [5, 5.41) is 6.56. The van der Waals surface area contributed by atoms with Crippen molar-refractivity contribution in [1.29, 1.82) is 0 Å². The van der Waals surface area contributed by atoms with Crippen molar-refractivity contribution in [3.05, 3.63) is 131 Å². The van der Waals surface area contributed by atoms with Gasteiger partial charge in [0.15, 0.2) is 5.78 Å². The Balaban J connectivity index is 1.49. The molecule has 6 nitrogen and oxygen atoms in total. The van der Waals surface area contributed by atoms with E-state index >= 15 is 0 Å². The molecule has 4 aromatic rings. The van der Waals surface area contributed by atoms with Gasteiger partial charge in [-0.05, 0) is 59.7 Å². The maximum Gasteiger partial charge on any atom is 0.247 e. The van der Waals surface area contributed by atoms with Gasteiger partial charge in [0.05, 0.1) is 12.0 Å². The van der Waals surface area contributed by atoms with E-state index in [1.807, 2.05) is 83.8 Å². The Labute approximate surface area is 236 Å². The van der Waals surface area contributed by atoms with E-state index < -0.39 is 23.4 Å². The van der Waals surface area contributed by atoms with Gasteiger partial charge in [0, 0.05) is 27.6 Å². The summed E-state index contributed by atoms with van der Waals surface area (Å²) in [5.41, 5.74) is 2.72. The first-order chi connectivity index (χ1) is 19.5. The molecule has 7 rings (SSSR count). The Bertz CT molecular complexity index is 1700. The third kappa shape index (κ3) is 3.46. The van der Waals surface area contributed by atoms with Crippen molar-refractivity contribution in [1.82, 2.24) is 0 Å². The number of carbonyl (C=O) groups excluding carboxylic acids is 3. The van der Waals surface area contributed by atoms with Crippen LogP contribution in [-0.4, -0.2) is 29.7 Å². The fourth-order valence-electron chi connectivity index (χ4n) is 6.65. The van der Waals surface area contributed by atoms with Gasteiger partial charge in [-0.25, -0.2) is 0 Å². The monoisotopic (exact) mass is 545 g/mol. The number of fused-ring (bicyclic) bond motifs is 6. The minimum absolute atomic E-state index is 0.294. The van der Waals surface area contributed by atoms with Crippen LogP contribution in [0, 0.1) is 5.92 Å². The van der Waals surface area contributed by atoms with E-state index in [9.17, 15) is 14.4 Å². The molecule has 0 bridgehead atoms. The lowest BCUT2D eigenvalue weighted by molar-refractivity contribution is -0.122. The first-order valence-electron chi connectivity index (χ1n) is 13.1. The number of anilines is 3. The maximum atomic E-state index is 14.6. The van der Waals surface area contributed by atoms with Crippen LogP contribution in [0.2, 0.25) is 5.02 Å². The van der Waals surface area contributed by atoms with Crippen molar-refractivity contribution >= 4 is 52.3 Å². The van der Waals surface area contributed by atoms with Gasteiger partial charge in [-0.1, -0.05) is 78.4 Å². The molecule has 40 heavy (non-hydrogen) atoms. The molecule has 0 aromatic heterocycles. The summed E-state index contributed by atoms with van der Waals surface area (Å²) in [6, 6.07) is 29.4. The third-order valence-corrected chi connectivity index (χ3v) is 8.52. The normalized spacial score (nSPS) is 23.8. The van der Waals surface area contributed by atoms with E-state index in [0.29, 0.717) is 27.5 Å². The van der Waals surface area contributed by atoms with Crippen LogP contribution in [0.5, 0.6) is 0 Å². The summed E-state index contributed by atoms with van der Waals surface area (Å²) in [6.45, 7) is 0. The minimum Gasteiger partial charge on any atom is -0.350 e. The number of para-hydroxylation sites is 3. The number of Topliss-reactive ketones (excluding diaryl/α,β-unsaturated/α-hetero) is 1. The molecule has 1 saturated heterocycles. The number of amides is 2. The zero-order valence-corrected chi connectivity index (χ0v) is 22.0. The molecule has 3 aliphatic rings. The number of ketones is 1. The van der Waals surface area contributed by atoms with Gasteiger partial charge in [0.2, 0.25) is 11.8 Å². The van der Waals surface area contributed by atoms with E-state index in [1.165, 1.54) is 0 Å². The Hall–Kier alpha value is -4.68. The van der Waals surface area contributed by atoms with Crippen molar-refractivity contribution in [3.63, 3.8) is 0 Å². The zero-order valence-electron chi connectivity index (χ0n) is 21.3. The van der Waals surface area contributed by atoms with E-state index in [1.54, 1.807) is 36.4 Å². The number of carbonyl (C=O) groups is 3. The SMILES string of the molecule is O=C(Nc1ccccc1)[C@@H]1[C@H](C(=O)c2ccc(Cl)cc2)[C@]2(C(=O)Nc3ccccc32)[C@H]2C=Cc3ccccc3N12. The lowest BCUT2D eigenvalue weighted by Gasteiger charge is -2.37. The minimum atomic E-state index is -1.35. The molecule has 1 spiro atoms. The molecule has 0 saturated carbocycles. The van der Waals surface area contributed by atoms with Crippen LogP contribution in [0.3, 0.4) is 0 Å². The van der Waals surface area contributed by atoms with Crippen molar-refractivity contribution in [3.8, 4) is 0 Å². The Morgan fingerprint density at radius 1 is 0.850 bits per heavy atom. The summed E-state index contributed by atoms with van der Waals surface area (Å²) in [6.07, 6.45) is 3.94. The molecular formula is C33H24ClN3O3. The van der Waals surface area contributed by atoms with Gasteiger partial charge in [-0.2, -0.15) is 0 Å². The van der Waals surface area contributed by atoms with Gasteiger partial charge < -0.3 is 15.5 Å². The van der Waals surface area contributed by atoms with Crippen molar-refractivity contribution in [2.45, 2.75) is 17.5 Å². The summed E-state index contributed by atoms with van der Waals surface area (Å²) in [5.74, 6) is -1.99. The van der Waals surface area contributed by atoms with Crippen LogP contribution in [0.15, 0.2) is 109 Å². The maximum absolute atomic E-state index is 14.6. The van der Waals surface area contributed by atoms with Crippen molar-refractivity contribution < 1.29 is 14.4 Å². The molecule has 4 aromatic carbocycles. The van der Waals surface area contributed by atoms with E-state index in [-0.39, 0.29) is 17.6 Å². The highest BCUT2D eigenvalue weighted by molar-refractivity contribution is 6.30. The molecule has 3 heterocycles. The average molecular weight is 546 g/mol. The average Bonchev–Trinajstić information content (AvgIpc) is 3.46. The van der Waals surface area contributed by atoms with E-state index in [0.717, 1.165) is 11.3 Å². The van der Waals surface area contributed by atoms with Crippen LogP contribution in [0.1, 0.15) is 21.5 Å². The highest BCUT2D eigenvalue weighted by Crippen LogP contribution is 2.57. The quantitative estimate of drug-likeness (QED) is 0.311. The number of halogens is 1. The molecule has 0 aliphatic carbocycles. The van der Waals surface area contributed by atoms with E-state index in [4.69, 9.17) is 11.6 Å². The van der Waals surface area contributed by atoms with Crippen molar-refractivity contribution in [2.75, 3.05) is 15.5 Å². The Kier molecular flexibility index (Phi) is 5.61. The summed E-state index contributed by atoms with van der Waals surface area (Å²) in [7, 11) is 0. The summed E-state index contributed by atoms with van der Waals surface area (Å²) >= 11 is 6.15. The third-order valence-electron chi connectivity index (χ3n) is 8.26. The molecule has 2 N–H and O–H groups in total. The predicted octanol–water partition coefficient (Wildman–Crippen LogP) is 5.95. The molecule has 196 valence electrons.